The number of anilines is 1. The van der Waals surface area contributed by atoms with E-state index in [0.29, 0.717) is 11.3 Å². The van der Waals surface area contributed by atoms with E-state index in [0.717, 1.165) is 0 Å². The van der Waals surface area contributed by atoms with Crippen LogP contribution < -0.4 is 16.1 Å². The molecule has 130 valence electrons. The summed E-state index contributed by atoms with van der Waals surface area (Å²) in [6, 6.07) is 1.43. The summed E-state index contributed by atoms with van der Waals surface area (Å²) in [5, 5.41) is 13.8. The normalized spacial score (nSPS) is 19.6. The van der Waals surface area contributed by atoms with Crippen LogP contribution in [0.15, 0.2) is 34.2 Å². The van der Waals surface area contributed by atoms with Gasteiger partial charge in [0, 0.05) is 18.6 Å². The lowest BCUT2D eigenvalue weighted by Crippen LogP contribution is -2.31. The second kappa shape index (κ2) is 5.21. The molecule has 1 aliphatic heterocycles. The van der Waals surface area contributed by atoms with Crippen molar-refractivity contribution in [1.29, 1.82) is 0 Å². The lowest BCUT2D eigenvalue weighted by Gasteiger charge is -2.19. The molecule has 25 heavy (non-hydrogen) atoms. The molecule has 1 saturated heterocycles. The van der Waals surface area contributed by atoms with Crippen molar-refractivity contribution < 1.29 is 13.9 Å². The molecule has 3 aromatic heterocycles. The molecule has 0 bridgehead atoms. The number of H-pyrrole nitrogens is 2. The lowest BCUT2D eigenvalue weighted by molar-refractivity contribution is -0.0712. The van der Waals surface area contributed by atoms with E-state index in [4.69, 9.17) is 0 Å². The number of alkyl halides is 2. The minimum absolute atomic E-state index is 0.0722. The van der Waals surface area contributed by atoms with Crippen molar-refractivity contribution in [3.8, 4) is 11.3 Å². The van der Waals surface area contributed by atoms with E-state index in [2.05, 4.69) is 20.1 Å². The second-order valence-electron chi connectivity index (χ2n) is 5.75. The van der Waals surface area contributed by atoms with E-state index >= 15 is 0 Å². The van der Waals surface area contributed by atoms with Gasteiger partial charge in [-0.2, -0.15) is 5.10 Å². The highest BCUT2D eigenvalue weighted by Gasteiger charge is 2.47. The quantitative estimate of drug-likeness (QED) is 0.578. The maximum atomic E-state index is 13.7. The zero-order valence-electron chi connectivity index (χ0n) is 12.6. The summed E-state index contributed by atoms with van der Waals surface area (Å²) < 4.78 is 28.8. The van der Waals surface area contributed by atoms with Crippen molar-refractivity contribution in [3.05, 3.63) is 45.5 Å². The van der Waals surface area contributed by atoms with Crippen molar-refractivity contribution in [2.24, 2.45) is 0 Å². The smallest absolute Gasteiger partial charge is 0.325 e. The maximum Gasteiger partial charge on any atom is 0.325 e. The molecule has 3 aromatic rings. The molecule has 0 aromatic carbocycles. The molecule has 9 nitrogen and oxygen atoms in total. The van der Waals surface area contributed by atoms with Gasteiger partial charge in [-0.05, 0) is 6.07 Å². The summed E-state index contributed by atoms with van der Waals surface area (Å²) in [6.45, 7) is -0.955. The van der Waals surface area contributed by atoms with Crippen molar-refractivity contribution in [2.45, 2.75) is 12.0 Å². The van der Waals surface area contributed by atoms with Gasteiger partial charge in [0.2, 0.25) is 0 Å². The van der Waals surface area contributed by atoms with Crippen LogP contribution in [-0.2, 0) is 0 Å². The monoisotopic (exact) mass is 350 g/mol. The number of hydrogen-bond donors (Lipinski definition) is 3. The summed E-state index contributed by atoms with van der Waals surface area (Å²) in [7, 11) is 0. The third-order valence-corrected chi connectivity index (χ3v) is 4.06. The van der Waals surface area contributed by atoms with E-state index in [9.17, 15) is 23.5 Å². The Hall–Kier alpha value is -3.08. The predicted molar refractivity (Wildman–Crippen MR) is 82.8 cm³/mol. The van der Waals surface area contributed by atoms with E-state index in [-0.39, 0.29) is 17.8 Å². The number of aliphatic hydroxyl groups excluding tert-OH is 1. The van der Waals surface area contributed by atoms with Gasteiger partial charge >= 0.3 is 5.69 Å². The first-order valence-electron chi connectivity index (χ1n) is 7.33. The fourth-order valence-corrected chi connectivity index (χ4v) is 2.81. The average molecular weight is 350 g/mol. The first-order valence-corrected chi connectivity index (χ1v) is 7.33. The number of hydrogen-bond acceptors (Lipinski definition) is 6. The second-order valence-corrected chi connectivity index (χ2v) is 5.75. The zero-order valence-corrected chi connectivity index (χ0v) is 12.6. The number of nitrogens with one attached hydrogen (secondary N) is 2. The van der Waals surface area contributed by atoms with Crippen LogP contribution in [0, 0.1) is 0 Å². The number of aliphatic hydroxyl groups is 1. The third kappa shape index (κ3) is 2.48. The fourth-order valence-electron chi connectivity index (χ4n) is 2.81. The minimum Gasteiger partial charge on any atom is -0.385 e. The molecular formula is C14H12F2N6O3. The molecular weight excluding hydrogens is 338 g/mol. The van der Waals surface area contributed by atoms with Crippen molar-refractivity contribution in [1.82, 2.24) is 24.6 Å². The molecule has 1 atom stereocenters. The molecule has 0 saturated carbocycles. The molecule has 4 rings (SSSR count). The van der Waals surface area contributed by atoms with Gasteiger partial charge in [0.05, 0.1) is 24.3 Å². The Balaban J connectivity index is 1.89. The summed E-state index contributed by atoms with van der Waals surface area (Å²) in [5.41, 5.74) is -0.467. The number of aromatic amines is 2. The highest BCUT2D eigenvalue weighted by Crippen LogP contribution is 2.34. The Morgan fingerprint density at radius 2 is 2.16 bits per heavy atom. The molecule has 0 amide bonds. The van der Waals surface area contributed by atoms with Crippen LogP contribution in [0.25, 0.3) is 16.9 Å². The van der Waals surface area contributed by atoms with E-state index < -0.39 is 29.8 Å². The number of β-amino-alcohol motifs (C(OH)–C–C–N with tert-alkyl or cyclic N) is 1. The average Bonchev–Trinajstić information content (AvgIpc) is 3.11. The van der Waals surface area contributed by atoms with Crippen molar-refractivity contribution >= 4 is 11.3 Å². The first-order chi connectivity index (χ1) is 11.8. The minimum atomic E-state index is -3.25. The standard InChI is InChI=1S/C14H12F2N6O3/c15-14(16)6-21(5-10(14)23)9-3-8(20-22-2-1-17-11(9)22)7-4-18-13(25)19-12(7)24/h1-4,10,23H,5-6H2,(H2,18,19,24,25). The zero-order chi connectivity index (χ0) is 17.8. The van der Waals surface area contributed by atoms with Crippen LogP contribution in [-0.4, -0.2) is 54.8 Å². The highest BCUT2D eigenvalue weighted by atomic mass is 19.3. The van der Waals surface area contributed by atoms with Crippen LogP contribution in [0.5, 0.6) is 0 Å². The third-order valence-electron chi connectivity index (χ3n) is 4.06. The van der Waals surface area contributed by atoms with Gasteiger partial charge in [0.25, 0.3) is 11.5 Å². The van der Waals surface area contributed by atoms with Gasteiger partial charge in [-0.15, -0.1) is 0 Å². The molecule has 3 N–H and O–H groups in total. The van der Waals surface area contributed by atoms with Crippen molar-refractivity contribution in [2.75, 3.05) is 18.0 Å². The van der Waals surface area contributed by atoms with Crippen LogP contribution in [0.2, 0.25) is 0 Å². The first kappa shape index (κ1) is 15.4. The molecule has 1 fully saturated rings. The van der Waals surface area contributed by atoms with Gasteiger partial charge in [0.15, 0.2) is 5.65 Å². The van der Waals surface area contributed by atoms with Gasteiger partial charge < -0.3 is 15.0 Å². The molecule has 0 radical (unpaired) electrons. The Kier molecular flexibility index (Phi) is 3.22. The fraction of sp³-hybridized carbons (Fsp3) is 0.286. The van der Waals surface area contributed by atoms with Gasteiger partial charge in [-0.1, -0.05) is 0 Å². The van der Waals surface area contributed by atoms with Gasteiger partial charge in [-0.25, -0.2) is 23.1 Å². The summed E-state index contributed by atoms with van der Waals surface area (Å²) in [5.74, 6) is -3.25. The number of aromatic nitrogens is 5. The molecule has 1 unspecified atom stereocenters. The number of fused-ring (bicyclic) bond motifs is 1. The molecule has 0 aliphatic carbocycles. The maximum absolute atomic E-state index is 13.7. The summed E-state index contributed by atoms with van der Waals surface area (Å²) >= 11 is 0. The lowest BCUT2D eigenvalue weighted by atomic mass is 10.2. The van der Waals surface area contributed by atoms with E-state index in [1.165, 1.54) is 34.1 Å². The van der Waals surface area contributed by atoms with Crippen LogP contribution >= 0.6 is 0 Å². The Labute approximate surface area is 137 Å². The summed E-state index contributed by atoms with van der Waals surface area (Å²) in [6.07, 6.45) is 2.35. The highest BCUT2D eigenvalue weighted by molar-refractivity contribution is 5.74. The number of rotatable bonds is 2. The molecule has 1 aliphatic rings. The topological polar surface area (TPSA) is 119 Å². The number of halogens is 2. The molecule has 11 heteroatoms. The van der Waals surface area contributed by atoms with Crippen LogP contribution in [0.3, 0.4) is 0 Å². The van der Waals surface area contributed by atoms with Crippen LogP contribution in [0.1, 0.15) is 0 Å². The Morgan fingerprint density at radius 3 is 2.84 bits per heavy atom. The molecule has 4 heterocycles. The van der Waals surface area contributed by atoms with Crippen LogP contribution in [0.4, 0.5) is 14.5 Å². The Bertz CT molecular complexity index is 1070. The van der Waals surface area contributed by atoms with E-state index in [1.54, 1.807) is 0 Å². The number of nitrogens with zero attached hydrogens (tertiary/aromatic N) is 4. The molecule has 0 spiro atoms. The van der Waals surface area contributed by atoms with Gasteiger partial charge in [0.1, 0.15) is 11.8 Å². The SMILES string of the molecule is O=c1[nH]cc(-c2cc(N3CC(O)C(F)(F)C3)c3nccn3n2)c(=O)[nH]1. The predicted octanol–water partition coefficient (Wildman–Crippen LogP) is -0.411. The van der Waals surface area contributed by atoms with Crippen molar-refractivity contribution in [3.63, 3.8) is 0 Å². The van der Waals surface area contributed by atoms with Gasteiger partial charge in [-0.3, -0.25) is 9.78 Å². The summed E-state index contributed by atoms with van der Waals surface area (Å²) in [4.78, 5) is 33.0. The van der Waals surface area contributed by atoms with E-state index in [1.807, 2.05) is 0 Å². The number of imidazole rings is 1. The largest absolute Gasteiger partial charge is 0.385 e. The Morgan fingerprint density at radius 1 is 1.36 bits per heavy atom.